The summed E-state index contributed by atoms with van der Waals surface area (Å²) in [5.41, 5.74) is -0.548. The third kappa shape index (κ3) is 2.48. The first kappa shape index (κ1) is 22.0. The number of phenols is 1. The highest BCUT2D eigenvalue weighted by Crippen LogP contribution is 2.57. The van der Waals surface area contributed by atoms with E-state index in [2.05, 4.69) is 0 Å². The molecule has 0 radical (unpaired) electrons. The molecule has 5 atom stereocenters. The third-order valence-corrected chi connectivity index (χ3v) is 7.02. The van der Waals surface area contributed by atoms with Gasteiger partial charge in [0.25, 0.3) is 5.91 Å². The Balaban J connectivity index is 2.05. The first-order valence-electron chi connectivity index (χ1n) is 9.97. The molecule has 0 saturated heterocycles. The molecule has 1 saturated carbocycles. The molecule has 3 aliphatic carbocycles. The highest BCUT2D eigenvalue weighted by atomic mass is 16.3. The normalized spacial score (nSPS) is 34.4. The van der Waals surface area contributed by atoms with E-state index in [-0.39, 0.29) is 17.5 Å². The largest absolute Gasteiger partial charge is 0.508 e. The smallest absolute Gasteiger partial charge is 0.255 e. The van der Waals surface area contributed by atoms with E-state index in [1.807, 2.05) is 0 Å². The van der Waals surface area contributed by atoms with Crippen LogP contribution in [0.15, 0.2) is 35.1 Å². The summed E-state index contributed by atoms with van der Waals surface area (Å²) in [7, 11) is 3.01. The molecule has 1 aromatic rings. The first-order chi connectivity index (χ1) is 14.8. The van der Waals surface area contributed by atoms with Crippen molar-refractivity contribution in [1.82, 2.24) is 4.90 Å². The molecule has 4 rings (SSSR count). The van der Waals surface area contributed by atoms with Gasteiger partial charge in [-0.1, -0.05) is 12.1 Å². The van der Waals surface area contributed by atoms with Gasteiger partial charge in [-0.25, -0.2) is 0 Å². The summed E-state index contributed by atoms with van der Waals surface area (Å²) < 4.78 is 0. The maximum atomic E-state index is 13.7. The number of nitrogens with two attached hydrogens (primary N) is 1. The van der Waals surface area contributed by atoms with Crippen molar-refractivity contribution in [3.8, 4) is 5.75 Å². The number of amides is 1. The molecular weight excluding hydrogens is 420 g/mol. The van der Waals surface area contributed by atoms with Gasteiger partial charge in [-0.15, -0.1) is 0 Å². The number of hydrogen-bond donors (Lipinski definition) is 6. The molecule has 1 fully saturated rings. The Hall–Kier alpha value is -3.21. The van der Waals surface area contributed by atoms with Crippen LogP contribution in [0.5, 0.6) is 5.75 Å². The number of carbonyl (C=O) groups excluding carboxylic acids is 3. The molecule has 1 aromatic carbocycles. The van der Waals surface area contributed by atoms with Crippen molar-refractivity contribution in [2.24, 2.45) is 17.6 Å². The number of aliphatic hydroxyl groups is 4. The predicted molar refractivity (Wildman–Crippen MR) is 110 cm³/mol. The number of nitrogens with zero attached hydrogens (tertiary/aromatic N) is 1. The van der Waals surface area contributed by atoms with Crippen molar-refractivity contribution in [2.75, 3.05) is 14.1 Å². The number of carbonyl (C=O) groups is 3. The Bertz CT molecular complexity index is 1150. The standard InChI is InChI=1S/C22H24N2O8/c1-21(31)8-5-4-6-11(25)12(8)16(26)13-9(21)7-10-15(24(2)3)17(27)14(20(23)30)19(29)22(10,32)18(13)28/h4-6,9-10,15,25-26,29,31-32H,7H2,1-3H3,(H2,23,30)/t9-,10-,15?,21+,22-/m0/s1. The highest BCUT2D eigenvalue weighted by Gasteiger charge is 2.66. The maximum Gasteiger partial charge on any atom is 0.255 e. The molecule has 0 aliphatic heterocycles. The molecule has 7 N–H and O–H groups in total. The maximum absolute atomic E-state index is 13.7. The summed E-state index contributed by atoms with van der Waals surface area (Å²) >= 11 is 0. The Morgan fingerprint density at radius 3 is 2.34 bits per heavy atom. The fourth-order valence-corrected chi connectivity index (χ4v) is 5.50. The van der Waals surface area contributed by atoms with Crippen LogP contribution in [-0.4, -0.2) is 73.6 Å². The number of phenolic OH excluding ortho intramolecular Hbond substituents is 1. The zero-order valence-electron chi connectivity index (χ0n) is 17.7. The number of rotatable bonds is 2. The molecule has 0 heterocycles. The van der Waals surface area contributed by atoms with Crippen LogP contribution in [-0.2, 0) is 20.0 Å². The van der Waals surface area contributed by atoms with E-state index >= 15 is 0 Å². The van der Waals surface area contributed by atoms with E-state index in [9.17, 15) is 39.9 Å². The van der Waals surface area contributed by atoms with Crippen LogP contribution in [0.4, 0.5) is 0 Å². The lowest BCUT2D eigenvalue weighted by Crippen LogP contribution is -2.67. The van der Waals surface area contributed by atoms with Crippen LogP contribution in [0.2, 0.25) is 0 Å². The minimum absolute atomic E-state index is 0.170. The minimum Gasteiger partial charge on any atom is -0.508 e. The number of Topliss-reactive ketones (excluding diaryl/α,β-unsaturated/α-hetero) is 2. The minimum atomic E-state index is -2.75. The van der Waals surface area contributed by atoms with Gasteiger partial charge in [-0.05, 0) is 39.1 Å². The van der Waals surface area contributed by atoms with E-state index in [0.717, 1.165) is 0 Å². The molecule has 10 heteroatoms. The summed E-state index contributed by atoms with van der Waals surface area (Å²) in [5, 5.41) is 54.9. The summed E-state index contributed by atoms with van der Waals surface area (Å²) in [5.74, 6) is -7.90. The van der Waals surface area contributed by atoms with Gasteiger partial charge < -0.3 is 31.3 Å². The van der Waals surface area contributed by atoms with Gasteiger partial charge in [0.1, 0.15) is 22.8 Å². The molecule has 0 aromatic heterocycles. The lowest BCUT2D eigenvalue weighted by molar-refractivity contribution is -0.159. The lowest BCUT2D eigenvalue weighted by atomic mass is 9.54. The van der Waals surface area contributed by atoms with Crippen LogP contribution in [0, 0.1) is 11.8 Å². The molecule has 170 valence electrons. The Morgan fingerprint density at radius 1 is 1.16 bits per heavy atom. The van der Waals surface area contributed by atoms with Gasteiger partial charge in [0.05, 0.1) is 17.2 Å². The quantitative estimate of drug-likeness (QED) is 0.332. The van der Waals surface area contributed by atoms with Crippen molar-refractivity contribution in [2.45, 2.75) is 30.6 Å². The van der Waals surface area contributed by atoms with E-state index in [1.54, 1.807) is 0 Å². The molecule has 0 bridgehead atoms. The SMILES string of the molecule is CN(C)C1C(=O)C(C(N)=O)=C(O)[C@@]2(O)C(=O)C3=C(O)c4c(O)cccc4[C@@](C)(O)[C@H]3C[C@@H]12. The Kier molecular flexibility index (Phi) is 4.57. The number of ketones is 2. The number of hydrogen-bond acceptors (Lipinski definition) is 9. The van der Waals surface area contributed by atoms with Crippen LogP contribution < -0.4 is 5.73 Å². The van der Waals surface area contributed by atoms with Crippen LogP contribution >= 0.6 is 0 Å². The van der Waals surface area contributed by atoms with Crippen molar-refractivity contribution in [3.63, 3.8) is 0 Å². The predicted octanol–water partition coefficient (Wildman–Crippen LogP) is -0.371. The van der Waals surface area contributed by atoms with Gasteiger partial charge in [0.2, 0.25) is 5.78 Å². The zero-order valence-corrected chi connectivity index (χ0v) is 17.7. The Labute approximate surface area is 182 Å². The first-order valence-corrected chi connectivity index (χ1v) is 9.97. The summed E-state index contributed by atoms with van der Waals surface area (Å²) in [6.45, 7) is 1.40. The van der Waals surface area contributed by atoms with Crippen molar-refractivity contribution < 1.29 is 39.9 Å². The second kappa shape index (κ2) is 6.64. The van der Waals surface area contributed by atoms with Crippen molar-refractivity contribution in [3.05, 3.63) is 46.2 Å². The number of primary amides is 1. The third-order valence-electron chi connectivity index (χ3n) is 7.02. The molecule has 1 unspecified atom stereocenters. The van der Waals surface area contributed by atoms with E-state index in [4.69, 9.17) is 5.73 Å². The number of likely N-dealkylation sites (N-methyl/N-ethyl adjacent to an activating group) is 1. The van der Waals surface area contributed by atoms with E-state index in [0.29, 0.717) is 0 Å². The summed E-state index contributed by atoms with van der Waals surface area (Å²) in [4.78, 5) is 40.0. The molecule has 10 nitrogen and oxygen atoms in total. The number of aliphatic hydroxyl groups excluding tert-OH is 2. The second-order valence-corrected chi connectivity index (χ2v) is 8.96. The van der Waals surface area contributed by atoms with Crippen molar-refractivity contribution >= 4 is 23.2 Å². The van der Waals surface area contributed by atoms with Gasteiger partial charge in [0, 0.05) is 17.4 Å². The number of fused-ring (bicyclic) bond motifs is 3. The summed E-state index contributed by atoms with van der Waals surface area (Å²) in [6.07, 6.45) is -0.200. The van der Waals surface area contributed by atoms with E-state index < -0.39 is 75.0 Å². The van der Waals surface area contributed by atoms with Gasteiger partial charge >= 0.3 is 0 Å². The lowest BCUT2D eigenvalue weighted by Gasteiger charge is -2.53. The number of aromatic hydroxyl groups is 1. The monoisotopic (exact) mass is 444 g/mol. The van der Waals surface area contributed by atoms with E-state index in [1.165, 1.54) is 44.1 Å². The summed E-state index contributed by atoms with van der Waals surface area (Å²) in [6, 6.07) is 3.02. The average molecular weight is 444 g/mol. The van der Waals surface area contributed by atoms with Gasteiger partial charge in [0.15, 0.2) is 11.4 Å². The second-order valence-electron chi connectivity index (χ2n) is 8.96. The van der Waals surface area contributed by atoms with Crippen LogP contribution in [0.3, 0.4) is 0 Å². The molecule has 0 spiro atoms. The van der Waals surface area contributed by atoms with Gasteiger partial charge in [-0.3, -0.25) is 19.3 Å². The fraction of sp³-hybridized carbons (Fsp3) is 0.409. The topological polar surface area (TPSA) is 182 Å². The molecule has 3 aliphatic rings. The number of benzene rings is 1. The average Bonchev–Trinajstić information content (AvgIpc) is 2.68. The molecular formula is C22H24N2O8. The van der Waals surface area contributed by atoms with Crippen LogP contribution in [0.1, 0.15) is 24.5 Å². The molecule has 32 heavy (non-hydrogen) atoms. The van der Waals surface area contributed by atoms with Crippen molar-refractivity contribution in [1.29, 1.82) is 0 Å². The highest BCUT2D eigenvalue weighted by molar-refractivity contribution is 6.24. The molecule has 1 amide bonds. The zero-order chi connectivity index (χ0) is 23.9. The fourth-order valence-electron chi connectivity index (χ4n) is 5.50. The van der Waals surface area contributed by atoms with Crippen LogP contribution in [0.25, 0.3) is 5.76 Å². The van der Waals surface area contributed by atoms with Gasteiger partial charge in [-0.2, -0.15) is 0 Å². The Morgan fingerprint density at radius 2 is 1.78 bits per heavy atom.